The average Bonchev–Trinajstić information content (AvgIpc) is 3.20. The summed E-state index contributed by atoms with van der Waals surface area (Å²) in [6.07, 6.45) is 4.00. The highest BCUT2D eigenvalue weighted by Gasteiger charge is 2.23. The molecule has 0 spiro atoms. The molecule has 1 aliphatic heterocycles. The van der Waals surface area contributed by atoms with Crippen molar-refractivity contribution in [1.82, 2.24) is 19.7 Å². The van der Waals surface area contributed by atoms with Gasteiger partial charge in [-0.3, -0.25) is 14.4 Å². The zero-order chi connectivity index (χ0) is 17.2. The van der Waals surface area contributed by atoms with E-state index >= 15 is 0 Å². The van der Waals surface area contributed by atoms with Crippen LogP contribution in [-0.4, -0.2) is 43.8 Å². The van der Waals surface area contributed by atoms with E-state index in [1.807, 2.05) is 12.1 Å². The SMILES string of the molecule is O=C(O)Cn1ccc([C@H]2CCCN(Cc3cc4ccccc4[nH]3)C2)n1. The van der Waals surface area contributed by atoms with Crippen LogP contribution in [0, 0.1) is 0 Å². The molecule has 3 heterocycles. The van der Waals surface area contributed by atoms with Crippen LogP contribution in [0.25, 0.3) is 10.9 Å². The van der Waals surface area contributed by atoms with E-state index in [1.165, 1.54) is 21.3 Å². The van der Waals surface area contributed by atoms with Gasteiger partial charge < -0.3 is 10.1 Å². The molecule has 6 heteroatoms. The molecule has 6 nitrogen and oxygen atoms in total. The van der Waals surface area contributed by atoms with E-state index < -0.39 is 5.97 Å². The van der Waals surface area contributed by atoms with Crippen LogP contribution in [0.2, 0.25) is 0 Å². The zero-order valence-corrected chi connectivity index (χ0v) is 14.1. The first-order valence-electron chi connectivity index (χ1n) is 8.71. The largest absolute Gasteiger partial charge is 0.480 e. The fourth-order valence-corrected chi connectivity index (χ4v) is 3.72. The number of aromatic amines is 1. The molecule has 0 unspecified atom stereocenters. The minimum absolute atomic E-state index is 0.0779. The number of aromatic nitrogens is 3. The number of piperidine rings is 1. The van der Waals surface area contributed by atoms with Gasteiger partial charge in [0.05, 0.1) is 5.69 Å². The highest BCUT2D eigenvalue weighted by Crippen LogP contribution is 2.27. The van der Waals surface area contributed by atoms with Gasteiger partial charge in [-0.05, 0) is 43.0 Å². The normalized spacial score (nSPS) is 18.6. The third kappa shape index (κ3) is 3.58. The van der Waals surface area contributed by atoms with Gasteiger partial charge in [-0.1, -0.05) is 18.2 Å². The molecule has 25 heavy (non-hydrogen) atoms. The molecule has 0 saturated carbocycles. The number of likely N-dealkylation sites (tertiary alicyclic amines) is 1. The van der Waals surface area contributed by atoms with E-state index in [0.717, 1.165) is 38.2 Å². The van der Waals surface area contributed by atoms with Gasteiger partial charge in [-0.15, -0.1) is 0 Å². The van der Waals surface area contributed by atoms with Crippen molar-refractivity contribution in [2.75, 3.05) is 13.1 Å². The number of carbonyl (C=O) groups is 1. The number of aliphatic carboxylic acids is 1. The van der Waals surface area contributed by atoms with Crippen LogP contribution in [0.4, 0.5) is 0 Å². The van der Waals surface area contributed by atoms with Gasteiger partial charge in [0.15, 0.2) is 0 Å². The third-order valence-corrected chi connectivity index (χ3v) is 4.86. The summed E-state index contributed by atoms with van der Waals surface area (Å²) >= 11 is 0. The molecular formula is C19H22N4O2. The third-order valence-electron chi connectivity index (χ3n) is 4.86. The fraction of sp³-hybridized carbons (Fsp3) is 0.368. The lowest BCUT2D eigenvalue weighted by atomic mass is 9.95. The standard InChI is InChI=1S/C19H22N4O2/c24-19(25)13-23-9-7-18(21-23)15-5-3-8-22(11-15)12-16-10-14-4-1-2-6-17(14)20-16/h1-2,4,6-7,9-10,15,20H,3,5,8,11-13H2,(H,24,25)/t15-/m0/s1. The molecule has 1 saturated heterocycles. The molecule has 1 atom stereocenters. The average molecular weight is 338 g/mol. The summed E-state index contributed by atoms with van der Waals surface area (Å²) in [5, 5.41) is 14.6. The minimum atomic E-state index is -0.862. The van der Waals surface area contributed by atoms with E-state index in [-0.39, 0.29) is 6.54 Å². The lowest BCUT2D eigenvalue weighted by Gasteiger charge is -2.31. The predicted octanol–water partition coefficient (Wildman–Crippen LogP) is 2.83. The summed E-state index contributed by atoms with van der Waals surface area (Å²) < 4.78 is 1.51. The monoisotopic (exact) mass is 338 g/mol. The number of hydrogen-bond donors (Lipinski definition) is 2. The Morgan fingerprint density at radius 3 is 3.04 bits per heavy atom. The molecule has 1 aromatic carbocycles. The van der Waals surface area contributed by atoms with Crippen molar-refractivity contribution in [2.45, 2.75) is 31.8 Å². The summed E-state index contributed by atoms with van der Waals surface area (Å²) in [4.78, 5) is 16.8. The Labute approximate surface area is 146 Å². The second-order valence-electron chi connectivity index (χ2n) is 6.79. The van der Waals surface area contributed by atoms with E-state index in [4.69, 9.17) is 5.11 Å². The maximum atomic E-state index is 10.8. The Morgan fingerprint density at radius 1 is 1.32 bits per heavy atom. The fourth-order valence-electron chi connectivity index (χ4n) is 3.72. The van der Waals surface area contributed by atoms with Crippen LogP contribution in [-0.2, 0) is 17.9 Å². The number of benzene rings is 1. The van der Waals surface area contributed by atoms with Crippen molar-refractivity contribution in [2.24, 2.45) is 0 Å². The van der Waals surface area contributed by atoms with Gasteiger partial charge in [0, 0.05) is 36.4 Å². The second-order valence-corrected chi connectivity index (χ2v) is 6.79. The smallest absolute Gasteiger partial charge is 0.325 e. The Bertz CT molecular complexity index is 849. The molecule has 4 rings (SSSR count). The quantitative estimate of drug-likeness (QED) is 0.750. The van der Waals surface area contributed by atoms with Crippen LogP contribution in [0.15, 0.2) is 42.6 Å². The number of hydrogen-bond acceptors (Lipinski definition) is 3. The molecule has 1 fully saturated rings. The molecule has 130 valence electrons. The van der Waals surface area contributed by atoms with Gasteiger partial charge in [0.25, 0.3) is 0 Å². The molecule has 2 aromatic heterocycles. The van der Waals surface area contributed by atoms with Crippen LogP contribution >= 0.6 is 0 Å². The van der Waals surface area contributed by atoms with Crippen molar-refractivity contribution in [3.05, 3.63) is 54.0 Å². The number of fused-ring (bicyclic) bond motifs is 1. The van der Waals surface area contributed by atoms with Crippen LogP contribution in [0.3, 0.4) is 0 Å². The van der Waals surface area contributed by atoms with E-state index in [1.54, 1.807) is 6.20 Å². The first-order valence-corrected chi connectivity index (χ1v) is 8.71. The Kier molecular flexibility index (Phi) is 4.28. The lowest BCUT2D eigenvalue weighted by molar-refractivity contribution is -0.137. The molecule has 0 bridgehead atoms. The molecule has 2 N–H and O–H groups in total. The van der Waals surface area contributed by atoms with E-state index in [0.29, 0.717) is 5.92 Å². The maximum Gasteiger partial charge on any atom is 0.325 e. The van der Waals surface area contributed by atoms with Crippen molar-refractivity contribution < 1.29 is 9.90 Å². The summed E-state index contributed by atoms with van der Waals surface area (Å²) in [7, 11) is 0. The predicted molar refractivity (Wildman–Crippen MR) is 95.4 cm³/mol. The van der Waals surface area contributed by atoms with Crippen molar-refractivity contribution in [3.8, 4) is 0 Å². The topological polar surface area (TPSA) is 74.2 Å². The highest BCUT2D eigenvalue weighted by atomic mass is 16.4. The van der Waals surface area contributed by atoms with Gasteiger partial charge in [0.2, 0.25) is 0 Å². The van der Waals surface area contributed by atoms with Crippen molar-refractivity contribution in [3.63, 3.8) is 0 Å². The first kappa shape index (κ1) is 15.9. The number of carboxylic acids is 1. The summed E-state index contributed by atoms with van der Waals surface area (Å²) in [5.41, 5.74) is 3.42. The van der Waals surface area contributed by atoms with Crippen LogP contribution in [0.1, 0.15) is 30.1 Å². The summed E-state index contributed by atoms with van der Waals surface area (Å²) in [6.45, 7) is 2.87. The highest BCUT2D eigenvalue weighted by molar-refractivity contribution is 5.80. The van der Waals surface area contributed by atoms with E-state index in [9.17, 15) is 4.79 Å². The Hall–Kier alpha value is -2.60. The minimum Gasteiger partial charge on any atom is -0.480 e. The molecular weight excluding hydrogens is 316 g/mol. The molecule has 0 amide bonds. The summed E-state index contributed by atoms with van der Waals surface area (Å²) in [5.74, 6) is -0.494. The number of para-hydroxylation sites is 1. The van der Waals surface area contributed by atoms with Crippen molar-refractivity contribution >= 4 is 16.9 Å². The molecule has 0 aliphatic carbocycles. The number of nitrogens with zero attached hydrogens (tertiary/aromatic N) is 3. The van der Waals surface area contributed by atoms with Gasteiger partial charge >= 0.3 is 5.97 Å². The number of nitrogens with one attached hydrogen (secondary N) is 1. The Morgan fingerprint density at radius 2 is 2.20 bits per heavy atom. The Balaban J connectivity index is 1.43. The van der Waals surface area contributed by atoms with Crippen molar-refractivity contribution in [1.29, 1.82) is 0 Å². The zero-order valence-electron chi connectivity index (χ0n) is 14.1. The number of rotatable bonds is 5. The lowest BCUT2D eigenvalue weighted by Crippen LogP contribution is -2.34. The number of H-pyrrole nitrogens is 1. The first-order chi connectivity index (χ1) is 12.2. The van der Waals surface area contributed by atoms with Gasteiger partial charge in [0.1, 0.15) is 6.54 Å². The molecule has 1 aliphatic rings. The number of carboxylic acid groups (broad SMARTS) is 1. The van der Waals surface area contributed by atoms with E-state index in [2.05, 4.69) is 39.2 Å². The van der Waals surface area contributed by atoms with Gasteiger partial charge in [-0.2, -0.15) is 5.10 Å². The summed E-state index contributed by atoms with van der Waals surface area (Å²) in [6, 6.07) is 12.5. The van der Waals surface area contributed by atoms with Gasteiger partial charge in [-0.25, -0.2) is 0 Å². The molecule has 0 radical (unpaired) electrons. The second kappa shape index (κ2) is 6.72. The van der Waals surface area contributed by atoms with Crippen LogP contribution < -0.4 is 0 Å². The van der Waals surface area contributed by atoms with Crippen LogP contribution in [0.5, 0.6) is 0 Å². The molecule has 3 aromatic rings. The maximum absolute atomic E-state index is 10.8.